The molecule has 0 aliphatic rings. The van der Waals surface area contributed by atoms with Crippen LogP contribution < -0.4 is 10.1 Å². The molecule has 146 valence electrons. The van der Waals surface area contributed by atoms with Crippen molar-refractivity contribution in [1.82, 2.24) is 5.32 Å². The van der Waals surface area contributed by atoms with Crippen molar-refractivity contribution < 1.29 is 24.0 Å². The summed E-state index contributed by atoms with van der Waals surface area (Å²) in [7, 11) is 1.13. The molecule has 26 heavy (non-hydrogen) atoms. The van der Waals surface area contributed by atoms with Crippen molar-refractivity contribution in [2.24, 2.45) is 5.41 Å². The molecule has 1 N–H and O–H groups in total. The van der Waals surface area contributed by atoms with Gasteiger partial charge >= 0.3 is 5.97 Å². The van der Waals surface area contributed by atoms with Crippen molar-refractivity contribution in [2.75, 3.05) is 20.3 Å². The Morgan fingerprint density at radius 1 is 1.27 bits per heavy atom. The molecule has 0 spiro atoms. The van der Waals surface area contributed by atoms with Crippen LogP contribution in [0.25, 0.3) is 0 Å². The van der Waals surface area contributed by atoms with Crippen LogP contribution in [0.15, 0.2) is 18.2 Å². The number of nitrogens with one attached hydrogen (secondary N) is 1. The van der Waals surface area contributed by atoms with E-state index >= 15 is 0 Å². The summed E-state index contributed by atoms with van der Waals surface area (Å²) in [6, 6.07) is 4.03. The molecule has 0 saturated carbocycles. The number of esters is 1. The van der Waals surface area contributed by atoms with Gasteiger partial charge in [0.25, 0.3) is 5.69 Å². The number of hydrogen-bond donors (Lipinski definition) is 1. The quantitative estimate of drug-likeness (QED) is 0.428. The molecule has 0 bridgehead atoms. The predicted octanol–water partition coefficient (Wildman–Crippen LogP) is 3.34. The summed E-state index contributed by atoms with van der Waals surface area (Å²) in [6.45, 7) is 9.82. The maximum Gasteiger partial charge on any atom is 0.348 e. The number of ether oxygens (including phenoxy) is 2. The SMILES string of the molecule is CC.CCCNC(=O)C(C)(C)COc1cccc([N+](=O)[O-])c1C(=O)OC. The Balaban J connectivity index is 0.00000301. The summed E-state index contributed by atoms with van der Waals surface area (Å²) in [5.74, 6) is -1.06. The largest absolute Gasteiger partial charge is 0.491 e. The highest BCUT2D eigenvalue weighted by molar-refractivity contribution is 5.97. The highest BCUT2D eigenvalue weighted by Gasteiger charge is 2.31. The number of benzene rings is 1. The van der Waals surface area contributed by atoms with Crippen LogP contribution in [0.2, 0.25) is 0 Å². The molecule has 8 nitrogen and oxygen atoms in total. The van der Waals surface area contributed by atoms with Crippen molar-refractivity contribution >= 4 is 17.6 Å². The van der Waals surface area contributed by atoms with Gasteiger partial charge in [-0.15, -0.1) is 0 Å². The van der Waals surface area contributed by atoms with E-state index in [1.165, 1.54) is 18.2 Å². The molecule has 0 aliphatic carbocycles. The van der Waals surface area contributed by atoms with Crippen molar-refractivity contribution in [2.45, 2.75) is 41.0 Å². The number of nitro benzene ring substituents is 1. The third-order valence-electron chi connectivity index (χ3n) is 3.33. The fourth-order valence-corrected chi connectivity index (χ4v) is 1.90. The summed E-state index contributed by atoms with van der Waals surface area (Å²) >= 11 is 0. The van der Waals surface area contributed by atoms with Crippen molar-refractivity contribution in [3.05, 3.63) is 33.9 Å². The summed E-state index contributed by atoms with van der Waals surface area (Å²) in [6.07, 6.45) is 0.806. The molecule has 0 unspecified atom stereocenters. The first-order valence-electron chi connectivity index (χ1n) is 8.51. The van der Waals surface area contributed by atoms with E-state index in [1.54, 1.807) is 13.8 Å². The topological polar surface area (TPSA) is 108 Å². The monoisotopic (exact) mass is 368 g/mol. The fourth-order valence-electron chi connectivity index (χ4n) is 1.90. The zero-order chi connectivity index (χ0) is 20.3. The number of carbonyl (C=O) groups is 2. The molecule has 8 heteroatoms. The number of carbonyl (C=O) groups excluding carboxylic acids is 2. The van der Waals surface area contributed by atoms with Gasteiger partial charge in [-0.1, -0.05) is 26.8 Å². The van der Waals surface area contributed by atoms with Crippen LogP contribution in [0.4, 0.5) is 5.69 Å². The van der Waals surface area contributed by atoms with Gasteiger partial charge in [0.1, 0.15) is 12.4 Å². The number of rotatable bonds is 8. The van der Waals surface area contributed by atoms with E-state index in [0.29, 0.717) is 6.54 Å². The maximum absolute atomic E-state index is 12.1. The molecule has 1 rings (SSSR count). The van der Waals surface area contributed by atoms with Gasteiger partial charge < -0.3 is 14.8 Å². The molecule has 0 aromatic heterocycles. The minimum absolute atomic E-state index is 0.00687. The number of nitro groups is 1. The molecule has 0 radical (unpaired) electrons. The Labute approximate surface area is 154 Å². The van der Waals surface area contributed by atoms with Gasteiger partial charge in [-0.05, 0) is 26.3 Å². The molecule has 0 aliphatic heterocycles. The minimum Gasteiger partial charge on any atom is -0.491 e. The lowest BCUT2D eigenvalue weighted by Crippen LogP contribution is -2.41. The van der Waals surface area contributed by atoms with Crippen LogP contribution >= 0.6 is 0 Å². The van der Waals surface area contributed by atoms with E-state index in [9.17, 15) is 19.7 Å². The zero-order valence-corrected chi connectivity index (χ0v) is 16.3. The van der Waals surface area contributed by atoms with Gasteiger partial charge in [-0.2, -0.15) is 0 Å². The second kappa shape index (κ2) is 11.1. The Bertz CT molecular complexity index is 628. The molecule has 0 fully saturated rings. The second-order valence-corrected chi connectivity index (χ2v) is 5.83. The van der Waals surface area contributed by atoms with Crippen LogP contribution in [-0.2, 0) is 9.53 Å². The van der Waals surface area contributed by atoms with Crippen LogP contribution in [0.5, 0.6) is 5.75 Å². The predicted molar refractivity (Wildman–Crippen MR) is 98.4 cm³/mol. The van der Waals surface area contributed by atoms with Crippen LogP contribution in [0.1, 0.15) is 51.4 Å². The third kappa shape index (κ3) is 6.34. The van der Waals surface area contributed by atoms with E-state index in [1.807, 2.05) is 20.8 Å². The van der Waals surface area contributed by atoms with Gasteiger partial charge in [0.05, 0.1) is 17.4 Å². The Kier molecular flexibility index (Phi) is 9.94. The van der Waals surface area contributed by atoms with E-state index in [2.05, 4.69) is 10.1 Å². The summed E-state index contributed by atoms with van der Waals surface area (Å²) in [5.41, 5.74) is -1.55. The van der Waals surface area contributed by atoms with Crippen molar-refractivity contribution in [1.29, 1.82) is 0 Å². The molecule has 1 aromatic carbocycles. The Morgan fingerprint density at radius 3 is 2.38 bits per heavy atom. The number of amides is 1. The van der Waals surface area contributed by atoms with Gasteiger partial charge in [0.2, 0.25) is 5.91 Å². The average molecular weight is 368 g/mol. The zero-order valence-electron chi connectivity index (χ0n) is 16.3. The number of methoxy groups -OCH3 is 1. The highest BCUT2D eigenvalue weighted by Crippen LogP contribution is 2.30. The number of nitrogens with zero attached hydrogens (tertiary/aromatic N) is 1. The molecule has 0 heterocycles. The first-order chi connectivity index (χ1) is 12.2. The van der Waals surface area contributed by atoms with Gasteiger partial charge in [0.15, 0.2) is 5.56 Å². The van der Waals surface area contributed by atoms with Gasteiger partial charge in [-0.25, -0.2) is 4.79 Å². The van der Waals surface area contributed by atoms with Crippen molar-refractivity contribution in [3.63, 3.8) is 0 Å². The normalized spacial score (nSPS) is 10.2. The van der Waals surface area contributed by atoms with E-state index in [0.717, 1.165) is 13.5 Å². The summed E-state index contributed by atoms with van der Waals surface area (Å²) in [4.78, 5) is 34.4. The molecule has 1 aromatic rings. The van der Waals surface area contributed by atoms with Crippen LogP contribution in [0, 0.1) is 15.5 Å². The van der Waals surface area contributed by atoms with Crippen LogP contribution in [0.3, 0.4) is 0 Å². The molecular weight excluding hydrogens is 340 g/mol. The lowest BCUT2D eigenvalue weighted by atomic mass is 9.93. The van der Waals surface area contributed by atoms with Gasteiger partial charge in [0, 0.05) is 12.6 Å². The average Bonchev–Trinajstić information content (AvgIpc) is 2.64. The fraction of sp³-hybridized carbons (Fsp3) is 0.556. The first kappa shape index (κ1) is 23.4. The van der Waals surface area contributed by atoms with Crippen molar-refractivity contribution in [3.8, 4) is 5.75 Å². The van der Waals surface area contributed by atoms with Crippen LogP contribution in [-0.4, -0.2) is 37.1 Å². The minimum atomic E-state index is -0.870. The van der Waals surface area contributed by atoms with E-state index in [4.69, 9.17) is 4.74 Å². The molecule has 1 amide bonds. The Hall–Kier alpha value is -2.64. The molecule has 0 saturated heterocycles. The molecule has 0 atom stereocenters. The number of hydrogen-bond acceptors (Lipinski definition) is 6. The molecular formula is C18H28N2O6. The first-order valence-corrected chi connectivity index (χ1v) is 8.51. The lowest BCUT2D eigenvalue weighted by Gasteiger charge is -2.24. The lowest BCUT2D eigenvalue weighted by molar-refractivity contribution is -0.385. The third-order valence-corrected chi connectivity index (χ3v) is 3.33. The maximum atomic E-state index is 12.1. The van der Waals surface area contributed by atoms with E-state index < -0.39 is 22.0 Å². The standard InChI is InChI=1S/C16H22N2O6.C2H6/c1-5-9-17-15(20)16(2,3)10-24-12-8-6-7-11(18(21)22)13(12)14(19)23-4;1-2/h6-8H,5,9-10H2,1-4H3,(H,17,20);1-2H3. The summed E-state index contributed by atoms with van der Waals surface area (Å²) in [5, 5.41) is 13.9. The smallest absolute Gasteiger partial charge is 0.348 e. The Morgan fingerprint density at radius 2 is 1.88 bits per heavy atom. The van der Waals surface area contributed by atoms with Gasteiger partial charge in [-0.3, -0.25) is 14.9 Å². The summed E-state index contributed by atoms with van der Waals surface area (Å²) < 4.78 is 10.1. The highest BCUT2D eigenvalue weighted by atomic mass is 16.6. The van der Waals surface area contributed by atoms with E-state index in [-0.39, 0.29) is 23.8 Å². The second-order valence-electron chi connectivity index (χ2n) is 5.83.